The lowest BCUT2D eigenvalue weighted by molar-refractivity contribution is -0.137. The molecule has 0 spiro atoms. The second-order valence-corrected chi connectivity index (χ2v) is 8.53. The fourth-order valence-corrected chi connectivity index (χ4v) is 3.99. The van der Waals surface area contributed by atoms with Crippen LogP contribution in [0.2, 0.25) is 0 Å². The van der Waals surface area contributed by atoms with Crippen LogP contribution >= 0.6 is 0 Å². The van der Waals surface area contributed by atoms with Gasteiger partial charge in [0, 0.05) is 36.5 Å². The van der Waals surface area contributed by atoms with Crippen molar-refractivity contribution in [3.63, 3.8) is 0 Å². The number of aliphatic hydroxyl groups is 1. The van der Waals surface area contributed by atoms with Crippen molar-refractivity contribution in [2.24, 2.45) is 0 Å². The van der Waals surface area contributed by atoms with Crippen molar-refractivity contribution in [3.05, 3.63) is 102 Å². The van der Waals surface area contributed by atoms with Gasteiger partial charge in [0.25, 0.3) is 0 Å². The van der Waals surface area contributed by atoms with Crippen LogP contribution in [0.3, 0.4) is 0 Å². The molecule has 11 heteroatoms. The summed E-state index contributed by atoms with van der Waals surface area (Å²) in [5, 5.41) is 15.4. The minimum Gasteiger partial charge on any atom is -0.382 e. The van der Waals surface area contributed by atoms with E-state index < -0.39 is 29.0 Å². The second kappa shape index (κ2) is 10.1. The van der Waals surface area contributed by atoms with Gasteiger partial charge in [-0.1, -0.05) is 24.3 Å². The van der Waals surface area contributed by atoms with Gasteiger partial charge in [-0.05, 0) is 36.9 Å². The van der Waals surface area contributed by atoms with E-state index in [2.05, 4.69) is 15.1 Å². The molecule has 0 aliphatic carbocycles. The predicted octanol–water partition coefficient (Wildman–Crippen LogP) is 4.66. The number of hydrogen-bond donors (Lipinski definition) is 1. The van der Waals surface area contributed by atoms with Crippen LogP contribution in [0.25, 0.3) is 11.1 Å². The van der Waals surface area contributed by atoms with Gasteiger partial charge >= 0.3 is 6.18 Å². The Morgan fingerprint density at radius 3 is 2.28 bits per heavy atom. The lowest BCUT2D eigenvalue weighted by atomic mass is 9.92. The van der Waals surface area contributed by atoms with Crippen LogP contribution < -0.4 is 0 Å². The third kappa shape index (κ3) is 5.92. The second-order valence-electron chi connectivity index (χ2n) is 8.53. The molecule has 4 rings (SSSR count). The molecular weight excluding hydrogens is 481 g/mol. The lowest BCUT2D eigenvalue weighted by Crippen LogP contribution is -2.43. The van der Waals surface area contributed by atoms with Crippen LogP contribution in [0.15, 0.2) is 73.4 Å². The molecule has 2 aromatic heterocycles. The molecule has 0 radical (unpaired) electrons. The Bertz CT molecular complexity index is 1290. The van der Waals surface area contributed by atoms with Crippen LogP contribution in [0.1, 0.15) is 16.8 Å². The van der Waals surface area contributed by atoms with Crippen molar-refractivity contribution in [2.45, 2.75) is 24.9 Å². The quantitative estimate of drug-likeness (QED) is 0.355. The average molecular weight is 503 g/mol. The molecule has 0 aliphatic rings. The largest absolute Gasteiger partial charge is 0.416 e. The molecule has 1 atom stereocenters. The van der Waals surface area contributed by atoms with Gasteiger partial charge in [-0.15, -0.1) is 0 Å². The smallest absolute Gasteiger partial charge is 0.382 e. The van der Waals surface area contributed by atoms with Gasteiger partial charge in [0.05, 0.1) is 17.8 Å². The SMILES string of the molecule is CN(Cc1ccc(-c2ccc(C(F)(F)F)cc2)cn1)CC(O)(Cn1cncn1)c1ccc(F)cc1F. The highest BCUT2D eigenvalue weighted by Gasteiger charge is 2.35. The van der Waals surface area contributed by atoms with E-state index in [1.165, 1.54) is 35.5 Å². The Kier molecular flexibility index (Phi) is 7.14. The van der Waals surface area contributed by atoms with Crippen molar-refractivity contribution in [1.29, 1.82) is 0 Å². The van der Waals surface area contributed by atoms with E-state index in [0.29, 0.717) is 22.9 Å². The van der Waals surface area contributed by atoms with Crippen LogP contribution in [0.4, 0.5) is 22.0 Å². The number of rotatable bonds is 8. The van der Waals surface area contributed by atoms with E-state index in [-0.39, 0.29) is 25.2 Å². The van der Waals surface area contributed by atoms with Crippen LogP contribution in [0, 0.1) is 11.6 Å². The maximum atomic E-state index is 14.6. The molecule has 6 nitrogen and oxygen atoms in total. The van der Waals surface area contributed by atoms with Crippen molar-refractivity contribution in [2.75, 3.05) is 13.6 Å². The number of pyridine rings is 1. The molecule has 0 aliphatic heterocycles. The zero-order valence-corrected chi connectivity index (χ0v) is 19.1. The van der Waals surface area contributed by atoms with E-state index in [4.69, 9.17) is 0 Å². The van der Waals surface area contributed by atoms with Crippen LogP contribution in [-0.4, -0.2) is 43.3 Å². The first-order valence-electron chi connectivity index (χ1n) is 10.8. The van der Waals surface area contributed by atoms with E-state index in [0.717, 1.165) is 18.2 Å². The van der Waals surface area contributed by atoms with Crippen LogP contribution in [-0.2, 0) is 24.9 Å². The van der Waals surface area contributed by atoms with Gasteiger partial charge in [0.2, 0.25) is 0 Å². The fourth-order valence-electron chi connectivity index (χ4n) is 3.99. The highest BCUT2D eigenvalue weighted by molar-refractivity contribution is 5.62. The molecule has 36 heavy (non-hydrogen) atoms. The normalized spacial score (nSPS) is 13.7. The maximum Gasteiger partial charge on any atom is 0.416 e. The first-order chi connectivity index (χ1) is 17.0. The summed E-state index contributed by atoms with van der Waals surface area (Å²) in [6.45, 7) is 0.105. The van der Waals surface area contributed by atoms with Gasteiger partial charge in [-0.25, -0.2) is 18.4 Å². The number of hydrogen-bond acceptors (Lipinski definition) is 5. The van der Waals surface area contributed by atoms with Crippen molar-refractivity contribution < 1.29 is 27.1 Å². The Balaban J connectivity index is 1.49. The first kappa shape index (κ1) is 25.4. The molecule has 2 aromatic carbocycles. The Labute approximate surface area is 203 Å². The summed E-state index contributed by atoms with van der Waals surface area (Å²) in [6.07, 6.45) is -0.188. The minimum absolute atomic E-state index is 0.0439. The highest BCUT2D eigenvalue weighted by Crippen LogP contribution is 2.31. The number of alkyl halides is 3. The van der Waals surface area contributed by atoms with E-state index in [1.807, 2.05) is 0 Å². The Morgan fingerprint density at radius 2 is 1.69 bits per heavy atom. The van der Waals surface area contributed by atoms with Gasteiger partial charge in [0.1, 0.15) is 29.9 Å². The van der Waals surface area contributed by atoms with E-state index >= 15 is 0 Å². The molecule has 2 heterocycles. The zero-order valence-electron chi connectivity index (χ0n) is 19.1. The molecule has 188 valence electrons. The topological polar surface area (TPSA) is 67.1 Å². The van der Waals surface area contributed by atoms with Gasteiger partial charge in [-0.2, -0.15) is 18.3 Å². The fraction of sp³-hybridized carbons (Fsp3) is 0.240. The standard InChI is InChI=1S/C25H22F5N5O/c1-34(12-21-8-4-18(11-32-21)17-2-5-19(6-3-17)25(28,29)30)13-24(36,14-35-16-31-15-33-35)22-9-7-20(26)10-23(22)27/h2-11,15-16,36H,12-14H2,1H3. The molecule has 1 unspecified atom stereocenters. The highest BCUT2D eigenvalue weighted by atomic mass is 19.4. The number of likely N-dealkylation sites (N-methyl/N-ethyl adjacent to an activating group) is 1. The average Bonchev–Trinajstić information content (AvgIpc) is 3.31. The van der Waals surface area contributed by atoms with E-state index in [1.54, 1.807) is 30.3 Å². The number of benzene rings is 2. The Morgan fingerprint density at radius 1 is 0.972 bits per heavy atom. The summed E-state index contributed by atoms with van der Waals surface area (Å²) in [5.41, 5.74) is -0.725. The maximum absolute atomic E-state index is 14.6. The van der Waals surface area contributed by atoms with Crippen LogP contribution in [0.5, 0.6) is 0 Å². The van der Waals surface area contributed by atoms with Gasteiger partial charge in [0.15, 0.2) is 0 Å². The number of halogens is 5. The van der Waals surface area contributed by atoms with Crippen molar-refractivity contribution >= 4 is 0 Å². The molecule has 0 bridgehead atoms. The molecule has 4 aromatic rings. The number of aromatic nitrogens is 4. The minimum atomic E-state index is -4.40. The summed E-state index contributed by atoms with van der Waals surface area (Å²) in [7, 11) is 1.71. The zero-order chi connectivity index (χ0) is 25.9. The van der Waals surface area contributed by atoms with E-state index in [9.17, 15) is 27.1 Å². The molecule has 0 saturated carbocycles. The number of nitrogens with zero attached hydrogens (tertiary/aromatic N) is 5. The van der Waals surface area contributed by atoms with Crippen molar-refractivity contribution in [1.82, 2.24) is 24.6 Å². The van der Waals surface area contributed by atoms with Gasteiger partial charge in [-0.3, -0.25) is 9.88 Å². The van der Waals surface area contributed by atoms with Crippen molar-refractivity contribution in [3.8, 4) is 11.1 Å². The summed E-state index contributed by atoms with van der Waals surface area (Å²) in [4.78, 5) is 9.94. The molecule has 0 saturated heterocycles. The summed E-state index contributed by atoms with van der Waals surface area (Å²) >= 11 is 0. The first-order valence-corrected chi connectivity index (χ1v) is 10.8. The molecule has 0 amide bonds. The summed E-state index contributed by atoms with van der Waals surface area (Å²) in [6, 6.07) is 11.2. The summed E-state index contributed by atoms with van der Waals surface area (Å²) < 4.78 is 67.8. The lowest BCUT2D eigenvalue weighted by Gasteiger charge is -2.33. The molecule has 0 fully saturated rings. The monoisotopic (exact) mass is 503 g/mol. The van der Waals surface area contributed by atoms with Gasteiger partial charge < -0.3 is 5.11 Å². The predicted molar refractivity (Wildman–Crippen MR) is 121 cm³/mol. The summed E-state index contributed by atoms with van der Waals surface area (Å²) in [5.74, 6) is -1.64. The molecule has 1 N–H and O–H groups in total. The molecular formula is C25H22F5N5O. The Hall–Kier alpha value is -3.70. The third-order valence-corrected chi connectivity index (χ3v) is 5.66. The third-order valence-electron chi connectivity index (χ3n) is 5.66.